The van der Waals surface area contributed by atoms with Crippen LogP contribution in [-0.4, -0.2) is 43.3 Å². The second kappa shape index (κ2) is 4.15. The molecule has 12 heavy (non-hydrogen) atoms. The molecular formula is C7H16N2O3. The molecular weight excluding hydrogens is 160 g/mol. The van der Waals surface area contributed by atoms with E-state index in [1.54, 1.807) is 7.11 Å². The number of rotatable bonds is 2. The minimum absolute atomic E-state index is 0.259. The van der Waals surface area contributed by atoms with E-state index in [0.29, 0.717) is 6.42 Å². The summed E-state index contributed by atoms with van der Waals surface area (Å²) in [6.45, 7) is 0.259. The second-order valence-electron chi connectivity index (χ2n) is 2.97. The van der Waals surface area contributed by atoms with Crippen molar-refractivity contribution in [2.45, 2.75) is 31.0 Å². The van der Waals surface area contributed by atoms with E-state index in [4.69, 9.17) is 20.9 Å². The zero-order chi connectivity index (χ0) is 9.14. The first-order valence-corrected chi connectivity index (χ1v) is 4.01. The van der Waals surface area contributed by atoms with E-state index in [0.717, 1.165) is 0 Å². The number of aliphatic hydroxyl groups excluding tert-OH is 1. The molecule has 5 N–H and O–H groups in total. The maximum absolute atomic E-state index is 9.47. The van der Waals surface area contributed by atoms with Gasteiger partial charge >= 0.3 is 0 Å². The third-order valence-corrected chi connectivity index (χ3v) is 2.11. The van der Waals surface area contributed by atoms with E-state index < -0.39 is 12.2 Å². The van der Waals surface area contributed by atoms with E-state index in [1.807, 2.05) is 0 Å². The van der Waals surface area contributed by atoms with Crippen LogP contribution in [0.1, 0.15) is 6.42 Å². The minimum atomic E-state index is -0.679. The fraction of sp³-hybridized carbons (Fsp3) is 1.00. The van der Waals surface area contributed by atoms with Crippen molar-refractivity contribution in [1.29, 1.82) is 0 Å². The van der Waals surface area contributed by atoms with Gasteiger partial charge in [0.1, 0.15) is 6.10 Å². The number of aliphatic hydroxyl groups is 1. The first-order valence-electron chi connectivity index (χ1n) is 4.01. The summed E-state index contributed by atoms with van der Waals surface area (Å²) in [5.41, 5.74) is 11.0. The van der Waals surface area contributed by atoms with Gasteiger partial charge in [0.05, 0.1) is 6.10 Å². The summed E-state index contributed by atoms with van der Waals surface area (Å²) in [7, 11) is 1.54. The van der Waals surface area contributed by atoms with Crippen molar-refractivity contribution in [2.75, 3.05) is 13.7 Å². The van der Waals surface area contributed by atoms with Gasteiger partial charge < -0.3 is 26.0 Å². The fourth-order valence-corrected chi connectivity index (χ4v) is 1.32. The van der Waals surface area contributed by atoms with Gasteiger partial charge in [-0.3, -0.25) is 0 Å². The van der Waals surface area contributed by atoms with Crippen LogP contribution < -0.4 is 11.5 Å². The Bertz CT molecular complexity index is 145. The molecule has 0 radical (unpaired) electrons. The van der Waals surface area contributed by atoms with Gasteiger partial charge in [-0.2, -0.15) is 0 Å². The molecule has 0 amide bonds. The third kappa shape index (κ3) is 1.94. The van der Waals surface area contributed by atoms with Crippen LogP contribution in [0.15, 0.2) is 0 Å². The summed E-state index contributed by atoms with van der Waals surface area (Å²) in [6, 6.07) is -0.308. The molecule has 0 bridgehead atoms. The lowest BCUT2D eigenvalue weighted by atomic mass is 10.00. The highest BCUT2D eigenvalue weighted by molar-refractivity contribution is 4.85. The van der Waals surface area contributed by atoms with Crippen molar-refractivity contribution in [3.05, 3.63) is 0 Å². The Morgan fingerprint density at radius 2 is 2.33 bits per heavy atom. The molecule has 1 rings (SSSR count). The molecule has 72 valence electrons. The van der Waals surface area contributed by atoms with Crippen molar-refractivity contribution in [2.24, 2.45) is 11.5 Å². The van der Waals surface area contributed by atoms with Crippen LogP contribution >= 0.6 is 0 Å². The lowest BCUT2D eigenvalue weighted by Crippen LogP contribution is -2.55. The zero-order valence-electron chi connectivity index (χ0n) is 7.14. The van der Waals surface area contributed by atoms with Crippen LogP contribution in [0.2, 0.25) is 0 Å². The number of hydrogen-bond donors (Lipinski definition) is 3. The fourth-order valence-electron chi connectivity index (χ4n) is 1.32. The van der Waals surface area contributed by atoms with Gasteiger partial charge in [0.25, 0.3) is 0 Å². The Morgan fingerprint density at radius 1 is 1.67 bits per heavy atom. The predicted molar refractivity (Wildman–Crippen MR) is 43.3 cm³/mol. The number of hydrogen-bond acceptors (Lipinski definition) is 5. The second-order valence-corrected chi connectivity index (χ2v) is 2.97. The van der Waals surface area contributed by atoms with Crippen molar-refractivity contribution < 1.29 is 14.6 Å². The Hall–Kier alpha value is -0.200. The van der Waals surface area contributed by atoms with Crippen molar-refractivity contribution in [3.63, 3.8) is 0 Å². The van der Waals surface area contributed by atoms with Crippen LogP contribution in [0.3, 0.4) is 0 Å². The van der Waals surface area contributed by atoms with Crippen molar-refractivity contribution >= 4 is 0 Å². The molecule has 0 aromatic carbocycles. The summed E-state index contributed by atoms with van der Waals surface area (Å²) in [6.07, 6.45) is -0.911. The summed E-state index contributed by atoms with van der Waals surface area (Å²) < 4.78 is 10.3. The summed E-state index contributed by atoms with van der Waals surface area (Å²) in [5.74, 6) is 0. The van der Waals surface area contributed by atoms with Crippen LogP contribution in [0, 0.1) is 0 Å². The van der Waals surface area contributed by atoms with E-state index in [2.05, 4.69) is 0 Å². The minimum Gasteiger partial charge on any atom is -0.389 e. The van der Waals surface area contributed by atoms with E-state index in [1.165, 1.54) is 0 Å². The highest BCUT2D eigenvalue weighted by Gasteiger charge is 2.34. The quantitative estimate of drug-likeness (QED) is 0.471. The zero-order valence-corrected chi connectivity index (χ0v) is 7.14. The van der Waals surface area contributed by atoms with Crippen LogP contribution in [0.5, 0.6) is 0 Å². The highest BCUT2D eigenvalue weighted by atomic mass is 16.7. The van der Waals surface area contributed by atoms with Gasteiger partial charge in [-0.05, 0) is 0 Å². The molecule has 0 aliphatic carbocycles. The smallest absolute Gasteiger partial charge is 0.159 e. The molecule has 5 nitrogen and oxygen atoms in total. The molecule has 1 saturated heterocycles. The van der Waals surface area contributed by atoms with E-state index in [9.17, 15) is 5.11 Å². The molecule has 0 aromatic rings. The SMILES string of the molecule is COC1CC(N)C(O)C(CN)O1. The van der Waals surface area contributed by atoms with Gasteiger partial charge in [-0.15, -0.1) is 0 Å². The molecule has 0 spiro atoms. The molecule has 4 atom stereocenters. The van der Waals surface area contributed by atoms with E-state index in [-0.39, 0.29) is 18.9 Å². The maximum atomic E-state index is 9.47. The molecule has 0 aromatic heterocycles. The monoisotopic (exact) mass is 176 g/mol. The summed E-state index contributed by atoms with van der Waals surface area (Å²) >= 11 is 0. The summed E-state index contributed by atoms with van der Waals surface area (Å²) in [4.78, 5) is 0. The molecule has 1 fully saturated rings. The van der Waals surface area contributed by atoms with Crippen LogP contribution in [-0.2, 0) is 9.47 Å². The molecule has 1 aliphatic heterocycles. The number of methoxy groups -OCH3 is 1. The lowest BCUT2D eigenvalue weighted by molar-refractivity contribution is -0.213. The average molecular weight is 176 g/mol. The largest absolute Gasteiger partial charge is 0.389 e. The first kappa shape index (κ1) is 9.88. The van der Waals surface area contributed by atoms with Gasteiger partial charge in [-0.25, -0.2) is 0 Å². The lowest BCUT2D eigenvalue weighted by Gasteiger charge is -2.36. The third-order valence-electron chi connectivity index (χ3n) is 2.11. The molecule has 1 heterocycles. The average Bonchev–Trinajstić information content (AvgIpc) is 2.09. The first-order chi connectivity index (χ1) is 5.69. The Morgan fingerprint density at radius 3 is 2.83 bits per heavy atom. The van der Waals surface area contributed by atoms with Gasteiger partial charge in [0.15, 0.2) is 6.29 Å². The normalized spacial score (nSPS) is 43.0. The Labute approximate surface area is 71.6 Å². The van der Waals surface area contributed by atoms with Gasteiger partial charge in [0.2, 0.25) is 0 Å². The number of nitrogens with two attached hydrogens (primary N) is 2. The van der Waals surface area contributed by atoms with Crippen molar-refractivity contribution in [1.82, 2.24) is 0 Å². The molecule has 1 aliphatic rings. The standard InChI is InChI=1S/C7H16N2O3/c1-11-6-2-4(9)7(10)5(3-8)12-6/h4-7,10H,2-3,8-9H2,1H3. The topological polar surface area (TPSA) is 90.7 Å². The van der Waals surface area contributed by atoms with Crippen LogP contribution in [0.25, 0.3) is 0 Å². The molecule has 0 saturated carbocycles. The number of ether oxygens (including phenoxy) is 2. The highest BCUT2D eigenvalue weighted by Crippen LogP contribution is 2.18. The molecule has 5 heteroatoms. The van der Waals surface area contributed by atoms with Crippen molar-refractivity contribution in [3.8, 4) is 0 Å². The summed E-state index contributed by atoms with van der Waals surface area (Å²) in [5, 5.41) is 9.47. The van der Waals surface area contributed by atoms with Gasteiger partial charge in [0, 0.05) is 26.1 Å². The predicted octanol–water partition coefficient (Wildman–Crippen LogP) is -1.61. The van der Waals surface area contributed by atoms with Crippen LogP contribution in [0.4, 0.5) is 0 Å². The Balaban J connectivity index is 2.52. The maximum Gasteiger partial charge on any atom is 0.159 e. The van der Waals surface area contributed by atoms with Gasteiger partial charge in [-0.1, -0.05) is 0 Å². The molecule has 4 unspecified atom stereocenters. The Kier molecular flexibility index (Phi) is 3.42. The van der Waals surface area contributed by atoms with E-state index >= 15 is 0 Å².